The van der Waals surface area contributed by atoms with E-state index < -0.39 is 0 Å². The minimum absolute atomic E-state index is 0.636. The fraction of sp³-hybridized carbons (Fsp3) is 0.0909. The van der Waals surface area contributed by atoms with E-state index in [-0.39, 0.29) is 0 Å². The molecule has 1 aromatic carbocycles. The zero-order valence-electron chi connectivity index (χ0n) is 7.80. The summed E-state index contributed by atoms with van der Waals surface area (Å²) in [7, 11) is 0. The lowest BCUT2D eigenvalue weighted by atomic mass is 10.1. The van der Waals surface area contributed by atoms with Crippen LogP contribution in [-0.2, 0) is 6.54 Å². The average molecular weight is 185 g/mol. The fourth-order valence-electron chi connectivity index (χ4n) is 1.26. The van der Waals surface area contributed by atoms with Crippen LogP contribution in [0.5, 0.6) is 0 Å². The Balaban J connectivity index is 2.11. The summed E-state index contributed by atoms with van der Waals surface area (Å²) in [4.78, 5) is 1.62. The monoisotopic (exact) mass is 185 g/mol. The molecule has 3 nitrogen and oxygen atoms in total. The highest BCUT2D eigenvalue weighted by Crippen LogP contribution is 2.12. The summed E-state index contributed by atoms with van der Waals surface area (Å²) in [5, 5.41) is 8.05. The number of aromatic nitrogens is 3. The van der Waals surface area contributed by atoms with E-state index in [2.05, 4.69) is 16.8 Å². The molecule has 0 unspecified atom stereocenters. The first kappa shape index (κ1) is 8.69. The summed E-state index contributed by atoms with van der Waals surface area (Å²) < 4.78 is 0. The van der Waals surface area contributed by atoms with Crippen molar-refractivity contribution in [3.63, 3.8) is 0 Å². The van der Waals surface area contributed by atoms with Crippen LogP contribution in [0.15, 0.2) is 49.3 Å². The highest BCUT2D eigenvalue weighted by atomic mass is 15.5. The average Bonchev–Trinajstić information content (AvgIpc) is 2.72. The molecular formula is C11H11N3. The largest absolute Gasteiger partial charge is 0.180 e. The summed E-state index contributed by atoms with van der Waals surface area (Å²) in [5.74, 6) is 0. The molecule has 1 aromatic heterocycles. The topological polar surface area (TPSA) is 30.7 Å². The Hall–Kier alpha value is -1.90. The molecule has 0 saturated carbocycles. The SMILES string of the molecule is C=C(Cn1nccn1)c1ccccc1. The van der Waals surface area contributed by atoms with E-state index in [0.29, 0.717) is 6.54 Å². The van der Waals surface area contributed by atoms with Crippen molar-refractivity contribution in [3.8, 4) is 0 Å². The quantitative estimate of drug-likeness (QED) is 0.732. The van der Waals surface area contributed by atoms with Crippen LogP contribution in [-0.4, -0.2) is 15.0 Å². The summed E-state index contributed by atoms with van der Waals surface area (Å²) in [6, 6.07) is 10.1. The number of rotatable bonds is 3. The van der Waals surface area contributed by atoms with Crippen LogP contribution in [0, 0.1) is 0 Å². The van der Waals surface area contributed by atoms with Crippen molar-refractivity contribution in [2.24, 2.45) is 0 Å². The molecule has 0 fully saturated rings. The maximum Gasteiger partial charge on any atom is 0.0857 e. The Morgan fingerprint density at radius 1 is 1.14 bits per heavy atom. The second kappa shape index (κ2) is 3.87. The van der Waals surface area contributed by atoms with Gasteiger partial charge in [0.1, 0.15) is 0 Å². The van der Waals surface area contributed by atoms with E-state index in [4.69, 9.17) is 0 Å². The first-order chi connectivity index (χ1) is 6.86. The highest BCUT2D eigenvalue weighted by molar-refractivity contribution is 5.62. The van der Waals surface area contributed by atoms with Gasteiger partial charge in [-0.3, -0.25) is 0 Å². The smallest absolute Gasteiger partial charge is 0.0857 e. The van der Waals surface area contributed by atoms with Gasteiger partial charge in [-0.15, -0.1) is 0 Å². The highest BCUT2D eigenvalue weighted by Gasteiger charge is 1.99. The molecule has 0 saturated heterocycles. The molecule has 0 spiro atoms. The minimum atomic E-state index is 0.636. The maximum absolute atomic E-state index is 4.03. The molecule has 0 radical (unpaired) electrons. The van der Waals surface area contributed by atoms with E-state index in [1.165, 1.54) is 0 Å². The van der Waals surface area contributed by atoms with Gasteiger partial charge in [-0.05, 0) is 11.1 Å². The molecule has 0 N–H and O–H groups in total. The van der Waals surface area contributed by atoms with E-state index >= 15 is 0 Å². The first-order valence-corrected chi connectivity index (χ1v) is 4.43. The second-order valence-electron chi connectivity index (χ2n) is 3.03. The fourth-order valence-corrected chi connectivity index (χ4v) is 1.26. The number of hydrogen-bond donors (Lipinski definition) is 0. The molecule has 0 aliphatic carbocycles. The number of benzene rings is 1. The van der Waals surface area contributed by atoms with Gasteiger partial charge in [0.25, 0.3) is 0 Å². The lowest BCUT2D eigenvalue weighted by Gasteiger charge is -2.04. The molecule has 2 aromatic rings. The van der Waals surface area contributed by atoms with Crippen molar-refractivity contribution in [1.29, 1.82) is 0 Å². The Morgan fingerprint density at radius 2 is 1.79 bits per heavy atom. The van der Waals surface area contributed by atoms with Crippen LogP contribution >= 0.6 is 0 Å². The molecule has 0 bridgehead atoms. The van der Waals surface area contributed by atoms with Crippen LogP contribution in [0.1, 0.15) is 5.56 Å². The summed E-state index contributed by atoms with van der Waals surface area (Å²) in [6.07, 6.45) is 3.33. The van der Waals surface area contributed by atoms with Crippen LogP contribution < -0.4 is 0 Å². The van der Waals surface area contributed by atoms with Gasteiger partial charge in [0.2, 0.25) is 0 Å². The molecule has 2 rings (SSSR count). The lowest BCUT2D eigenvalue weighted by Crippen LogP contribution is -2.03. The Labute approximate surface area is 82.7 Å². The summed E-state index contributed by atoms with van der Waals surface area (Å²) in [5.41, 5.74) is 2.15. The van der Waals surface area contributed by atoms with Crippen molar-refractivity contribution in [2.45, 2.75) is 6.54 Å². The van der Waals surface area contributed by atoms with Crippen LogP contribution in [0.4, 0.5) is 0 Å². The first-order valence-electron chi connectivity index (χ1n) is 4.43. The van der Waals surface area contributed by atoms with Gasteiger partial charge in [-0.1, -0.05) is 36.9 Å². The lowest BCUT2D eigenvalue weighted by molar-refractivity contribution is 0.611. The molecule has 0 amide bonds. The van der Waals surface area contributed by atoms with Crippen LogP contribution in [0.25, 0.3) is 5.57 Å². The molecule has 0 atom stereocenters. The molecule has 0 aliphatic rings. The molecular weight excluding hydrogens is 174 g/mol. The van der Waals surface area contributed by atoms with Crippen molar-refractivity contribution < 1.29 is 0 Å². The summed E-state index contributed by atoms with van der Waals surface area (Å²) in [6.45, 7) is 4.63. The van der Waals surface area contributed by atoms with Gasteiger partial charge >= 0.3 is 0 Å². The van der Waals surface area contributed by atoms with E-state index in [0.717, 1.165) is 11.1 Å². The molecule has 70 valence electrons. The zero-order valence-corrected chi connectivity index (χ0v) is 7.80. The molecule has 3 heteroatoms. The maximum atomic E-state index is 4.03. The third kappa shape index (κ3) is 1.88. The Kier molecular flexibility index (Phi) is 2.40. The van der Waals surface area contributed by atoms with Gasteiger partial charge in [-0.2, -0.15) is 15.0 Å². The van der Waals surface area contributed by atoms with Gasteiger partial charge in [0.05, 0.1) is 18.9 Å². The zero-order chi connectivity index (χ0) is 9.80. The third-order valence-corrected chi connectivity index (χ3v) is 1.98. The van der Waals surface area contributed by atoms with Gasteiger partial charge in [0.15, 0.2) is 0 Å². The van der Waals surface area contributed by atoms with Gasteiger partial charge in [-0.25, -0.2) is 0 Å². The number of allylic oxidation sites excluding steroid dienone is 1. The third-order valence-electron chi connectivity index (χ3n) is 1.98. The van der Waals surface area contributed by atoms with E-state index in [1.807, 2.05) is 30.3 Å². The second-order valence-corrected chi connectivity index (χ2v) is 3.03. The van der Waals surface area contributed by atoms with E-state index in [9.17, 15) is 0 Å². The Bertz CT molecular complexity index is 403. The van der Waals surface area contributed by atoms with Crippen molar-refractivity contribution in [1.82, 2.24) is 15.0 Å². The predicted octanol–water partition coefficient (Wildman–Crippen LogP) is 1.99. The van der Waals surface area contributed by atoms with Crippen molar-refractivity contribution in [2.75, 3.05) is 0 Å². The molecule has 14 heavy (non-hydrogen) atoms. The standard InChI is InChI=1S/C11H11N3/c1-10(9-14-12-7-8-13-14)11-5-3-2-4-6-11/h2-8H,1,9H2. The van der Waals surface area contributed by atoms with Crippen molar-refractivity contribution in [3.05, 3.63) is 54.9 Å². The minimum Gasteiger partial charge on any atom is -0.180 e. The van der Waals surface area contributed by atoms with E-state index in [1.54, 1.807) is 17.2 Å². The van der Waals surface area contributed by atoms with Gasteiger partial charge < -0.3 is 0 Å². The van der Waals surface area contributed by atoms with Crippen molar-refractivity contribution >= 4 is 5.57 Å². The van der Waals surface area contributed by atoms with Gasteiger partial charge in [0, 0.05) is 0 Å². The Morgan fingerprint density at radius 3 is 2.43 bits per heavy atom. The molecule has 0 aliphatic heterocycles. The normalized spacial score (nSPS) is 10.0. The molecule has 1 heterocycles. The summed E-state index contributed by atoms with van der Waals surface area (Å²) >= 11 is 0. The number of hydrogen-bond acceptors (Lipinski definition) is 2. The van der Waals surface area contributed by atoms with Crippen LogP contribution in [0.2, 0.25) is 0 Å². The number of nitrogens with zero attached hydrogens (tertiary/aromatic N) is 3. The predicted molar refractivity (Wildman–Crippen MR) is 55.5 cm³/mol. The van der Waals surface area contributed by atoms with Crippen LogP contribution in [0.3, 0.4) is 0 Å².